The van der Waals surface area contributed by atoms with Crippen LogP contribution in [0, 0.1) is 0 Å². The van der Waals surface area contributed by atoms with Crippen molar-refractivity contribution in [1.29, 1.82) is 0 Å². The number of ether oxygens (including phenoxy) is 1. The summed E-state index contributed by atoms with van der Waals surface area (Å²) in [6.07, 6.45) is 2.95. The van der Waals surface area contributed by atoms with Crippen LogP contribution < -0.4 is 4.90 Å². The third-order valence-electron chi connectivity index (χ3n) is 3.18. The van der Waals surface area contributed by atoms with Crippen LogP contribution in [0.1, 0.15) is 6.92 Å². The molecule has 2 atom stereocenters. The first-order valence-electron chi connectivity index (χ1n) is 5.92. The summed E-state index contributed by atoms with van der Waals surface area (Å²) in [4.78, 5) is 17.7. The SMILES string of the molecule is CC1COC(CO)CN1c1ncnc2nc[nH]c12. The van der Waals surface area contributed by atoms with E-state index in [2.05, 4.69) is 31.8 Å². The lowest BCUT2D eigenvalue weighted by Crippen LogP contribution is -2.50. The second-order valence-electron chi connectivity index (χ2n) is 4.44. The molecule has 7 heteroatoms. The highest BCUT2D eigenvalue weighted by Crippen LogP contribution is 2.24. The number of anilines is 1. The van der Waals surface area contributed by atoms with E-state index in [1.165, 1.54) is 6.33 Å². The van der Waals surface area contributed by atoms with Gasteiger partial charge in [0.25, 0.3) is 0 Å². The van der Waals surface area contributed by atoms with Crippen molar-refractivity contribution in [1.82, 2.24) is 19.9 Å². The molecule has 0 spiro atoms. The van der Waals surface area contributed by atoms with Crippen molar-refractivity contribution >= 4 is 17.0 Å². The van der Waals surface area contributed by atoms with Crippen molar-refractivity contribution in [2.24, 2.45) is 0 Å². The van der Waals surface area contributed by atoms with Gasteiger partial charge < -0.3 is 19.7 Å². The van der Waals surface area contributed by atoms with Gasteiger partial charge in [-0.15, -0.1) is 0 Å². The Balaban J connectivity index is 1.99. The van der Waals surface area contributed by atoms with Gasteiger partial charge in [-0.25, -0.2) is 15.0 Å². The molecule has 0 aromatic carbocycles. The van der Waals surface area contributed by atoms with E-state index in [-0.39, 0.29) is 18.8 Å². The number of H-pyrrole nitrogens is 1. The summed E-state index contributed by atoms with van der Waals surface area (Å²) in [5.41, 5.74) is 1.47. The van der Waals surface area contributed by atoms with Crippen LogP contribution in [0.25, 0.3) is 11.2 Å². The maximum absolute atomic E-state index is 9.21. The van der Waals surface area contributed by atoms with Crippen molar-refractivity contribution in [2.45, 2.75) is 19.1 Å². The highest BCUT2D eigenvalue weighted by atomic mass is 16.5. The van der Waals surface area contributed by atoms with Gasteiger partial charge in [0.2, 0.25) is 0 Å². The van der Waals surface area contributed by atoms with Crippen LogP contribution in [0.4, 0.5) is 5.82 Å². The third kappa shape index (κ3) is 1.81. The van der Waals surface area contributed by atoms with Gasteiger partial charge in [0.1, 0.15) is 11.8 Å². The fourth-order valence-corrected chi connectivity index (χ4v) is 2.19. The highest BCUT2D eigenvalue weighted by Gasteiger charge is 2.28. The molecule has 2 aromatic rings. The van der Waals surface area contributed by atoms with E-state index in [0.717, 1.165) is 11.3 Å². The van der Waals surface area contributed by atoms with Crippen molar-refractivity contribution < 1.29 is 9.84 Å². The van der Waals surface area contributed by atoms with E-state index in [9.17, 15) is 5.11 Å². The molecule has 1 aliphatic rings. The number of aromatic amines is 1. The molecule has 1 aliphatic heterocycles. The molecule has 3 heterocycles. The molecule has 0 radical (unpaired) electrons. The lowest BCUT2D eigenvalue weighted by atomic mass is 10.2. The molecule has 1 saturated heterocycles. The van der Waals surface area contributed by atoms with Crippen LogP contribution in [0.15, 0.2) is 12.7 Å². The summed E-state index contributed by atoms with van der Waals surface area (Å²) in [7, 11) is 0. The minimum Gasteiger partial charge on any atom is -0.394 e. The van der Waals surface area contributed by atoms with Crippen LogP contribution in [-0.2, 0) is 4.74 Å². The Hall–Kier alpha value is -1.73. The molecule has 18 heavy (non-hydrogen) atoms. The number of imidazole rings is 1. The molecule has 2 N–H and O–H groups in total. The number of fused-ring (bicyclic) bond motifs is 1. The Morgan fingerprint density at radius 1 is 1.50 bits per heavy atom. The second-order valence-corrected chi connectivity index (χ2v) is 4.44. The minimum atomic E-state index is -0.172. The minimum absolute atomic E-state index is 0.0143. The number of aliphatic hydroxyl groups excluding tert-OH is 1. The molecule has 3 rings (SSSR count). The molecule has 1 fully saturated rings. The Kier molecular flexibility index (Phi) is 2.85. The van der Waals surface area contributed by atoms with Crippen LogP contribution in [-0.4, -0.2) is 56.9 Å². The Morgan fingerprint density at radius 2 is 2.39 bits per heavy atom. The predicted octanol–water partition coefficient (Wildman–Crippen LogP) is -0.0611. The van der Waals surface area contributed by atoms with Crippen molar-refractivity contribution in [3.8, 4) is 0 Å². The fourth-order valence-electron chi connectivity index (χ4n) is 2.19. The number of nitrogens with one attached hydrogen (secondary N) is 1. The molecule has 96 valence electrons. The van der Waals surface area contributed by atoms with Gasteiger partial charge in [-0.2, -0.15) is 0 Å². The van der Waals surface area contributed by atoms with E-state index in [1.807, 2.05) is 0 Å². The molecular formula is C11H15N5O2. The van der Waals surface area contributed by atoms with Crippen molar-refractivity contribution in [2.75, 3.05) is 24.7 Å². The number of aliphatic hydroxyl groups is 1. The van der Waals surface area contributed by atoms with Gasteiger partial charge in [0.05, 0.1) is 31.7 Å². The molecular weight excluding hydrogens is 234 g/mol. The van der Waals surface area contributed by atoms with Gasteiger partial charge in [0.15, 0.2) is 11.5 Å². The Bertz CT molecular complexity index is 543. The van der Waals surface area contributed by atoms with Gasteiger partial charge in [-0.3, -0.25) is 0 Å². The smallest absolute Gasteiger partial charge is 0.182 e. The molecule has 0 saturated carbocycles. The lowest BCUT2D eigenvalue weighted by Gasteiger charge is -2.38. The van der Waals surface area contributed by atoms with Crippen LogP contribution in [0.3, 0.4) is 0 Å². The lowest BCUT2D eigenvalue weighted by molar-refractivity contribution is -0.0105. The zero-order valence-electron chi connectivity index (χ0n) is 10.1. The van der Waals surface area contributed by atoms with E-state index >= 15 is 0 Å². The molecule has 7 nitrogen and oxygen atoms in total. The van der Waals surface area contributed by atoms with Gasteiger partial charge in [-0.1, -0.05) is 0 Å². The van der Waals surface area contributed by atoms with E-state index in [4.69, 9.17) is 4.74 Å². The quantitative estimate of drug-likeness (QED) is 0.775. The van der Waals surface area contributed by atoms with Crippen LogP contribution in [0.5, 0.6) is 0 Å². The van der Waals surface area contributed by atoms with Crippen LogP contribution >= 0.6 is 0 Å². The standard InChI is InChI=1S/C11H15N5O2/c1-7-4-18-8(3-17)2-16(7)11-9-10(13-5-12-9)14-6-15-11/h5-8,17H,2-4H2,1H3,(H,12,13,14,15). The number of aromatic nitrogens is 4. The number of hydrogen-bond donors (Lipinski definition) is 2. The molecule has 0 aliphatic carbocycles. The van der Waals surface area contributed by atoms with E-state index < -0.39 is 0 Å². The summed E-state index contributed by atoms with van der Waals surface area (Å²) < 4.78 is 5.52. The second kappa shape index (κ2) is 4.51. The monoisotopic (exact) mass is 249 g/mol. The Morgan fingerprint density at radius 3 is 3.22 bits per heavy atom. The summed E-state index contributed by atoms with van der Waals surface area (Å²) in [6, 6.07) is 0.203. The first kappa shape index (κ1) is 11.4. The summed E-state index contributed by atoms with van der Waals surface area (Å²) >= 11 is 0. The van der Waals surface area contributed by atoms with E-state index in [0.29, 0.717) is 18.8 Å². The summed E-state index contributed by atoms with van der Waals surface area (Å²) in [5, 5.41) is 9.21. The first-order valence-corrected chi connectivity index (χ1v) is 5.92. The van der Waals surface area contributed by atoms with Gasteiger partial charge in [-0.05, 0) is 6.92 Å². The number of hydrogen-bond acceptors (Lipinski definition) is 6. The average molecular weight is 249 g/mol. The topological polar surface area (TPSA) is 87.2 Å². The Labute approximate surface area is 104 Å². The first-order chi connectivity index (χ1) is 8.79. The van der Waals surface area contributed by atoms with Gasteiger partial charge >= 0.3 is 0 Å². The summed E-state index contributed by atoms with van der Waals surface area (Å²) in [6.45, 7) is 3.27. The molecule has 2 aromatic heterocycles. The van der Waals surface area contributed by atoms with Crippen LogP contribution in [0.2, 0.25) is 0 Å². The number of rotatable bonds is 2. The average Bonchev–Trinajstić information content (AvgIpc) is 2.87. The third-order valence-corrected chi connectivity index (χ3v) is 3.18. The maximum Gasteiger partial charge on any atom is 0.182 e. The maximum atomic E-state index is 9.21. The number of morpholine rings is 1. The zero-order chi connectivity index (χ0) is 12.5. The highest BCUT2D eigenvalue weighted by molar-refractivity contribution is 5.82. The molecule has 0 amide bonds. The molecule has 0 bridgehead atoms. The van der Waals surface area contributed by atoms with Crippen molar-refractivity contribution in [3.63, 3.8) is 0 Å². The molecule has 2 unspecified atom stereocenters. The largest absolute Gasteiger partial charge is 0.394 e. The predicted molar refractivity (Wildman–Crippen MR) is 65.3 cm³/mol. The number of nitrogens with zero attached hydrogens (tertiary/aromatic N) is 4. The van der Waals surface area contributed by atoms with Gasteiger partial charge in [0, 0.05) is 6.54 Å². The van der Waals surface area contributed by atoms with Crippen molar-refractivity contribution in [3.05, 3.63) is 12.7 Å². The zero-order valence-corrected chi connectivity index (χ0v) is 10.1. The fraction of sp³-hybridized carbons (Fsp3) is 0.545. The normalized spacial score (nSPS) is 24.7. The summed E-state index contributed by atoms with van der Waals surface area (Å²) in [5.74, 6) is 0.812. The van der Waals surface area contributed by atoms with E-state index in [1.54, 1.807) is 6.33 Å².